The van der Waals surface area contributed by atoms with Crippen molar-refractivity contribution >= 4 is 17.4 Å². The molecule has 0 unspecified atom stereocenters. The van der Waals surface area contributed by atoms with E-state index in [-0.39, 0.29) is 5.69 Å². The number of aryl methyl sites for hydroxylation is 1. The Labute approximate surface area is 96.0 Å². The number of nitrogens with zero attached hydrogens (tertiary/aromatic N) is 2. The lowest BCUT2D eigenvalue weighted by Crippen LogP contribution is -1.91. The summed E-state index contributed by atoms with van der Waals surface area (Å²) in [6, 6.07) is 4.73. The van der Waals surface area contributed by atoms with Gasteiger partial charge in [0.1, 0.15) is 5.82 Å². The Morgan fingerprint density at radius 3 is 2.88 bits per heavy atom. The minimum atomic E-state index is -0.403. The van der Waals surface area contributed by atoms with Gasteiger partial charge < -0.3 is 10.2 Å². The Hall–Kier alpha value is -1.56. The van der Waals surface area contributed by atoms with Crippen LogP contribution >= 0.6 is 11.8 Å². The lowest BCUT2D eigenvalue weighted by Gasteiger charge is -2.00. The number of nitrogens with two attached hydrogens (primary N) is 1. The third kappa shape index (κ3) is 2.52. The number of benzene rings is 1. The molecule has 0 amide bonds. The molecule has 0 fully saturated rings. The van der Waals surface area contributed by atoms with Crippen LogP contribution in [0.3, 0.4) is 0 Å². The van der Waals surface area contributed by atoms with Gasteiger partial charge in [-0.2, -0.15) is 0 Å². The predicted molar refractivity (Wildman–Crippen MR) is 59.4 cm³/mol. The zero-order chi connectivity index (χ0) is 11.5. The molecule has 16 heavy (non-hydrogen) atoms. The molecule has 0 bridgehead atoms. The highest BCUT2D eigenvalue weighted by Crippen LogP contribution is 2.22. The summed E-state index contributed by atoms with van der Waals surface area (Å²) < 4.78 is 18.3. The Morgan fingerprint density at radius 1 is 1.44 bits per heavy atom. The van der Waals surface area contributed by atoms with Gasteiger partial charge in [-0.1, -0.05) is 17.8 Å². The molecule has 84 valence electrons. The van der Waals surface area contributed by atoms with E-state index in [2.05, 4.69) is 10.2 Å². The monoisotopic (exact) mass is 239 g/mol. The third-order valence-electron chi connectivity index (χ3n) is 1.93. The standard InChI is InChI=1S/C10H10FN3OS/c1-6-13-14-10(15-6)16-5-7-2-3-9(12)8(11)4-7/h2-4H,5,12H2,1H3. The summed E-state index contributed by atoms with van der Waals surface area (Å²) in [7, 11) is 0. The number of thioether (sulfide) groups is 1. The van der Waals surface area contributed by atoms with Crippen LogP contribution in [0.15, 0.2) is 27.8 Å². The molecule has 1 aromatic heterocycles. The molecule has 0 radical (unpaired) electrons. The first-order valence-electron chi connectivity index (χ1n) is 4.62. The number of nitrogen functional groups attached to an aromatic ring is 1. The summed E-state index contributed by atoms with van der Waals surface area (Å²) >= 11 is 1.36. The van der Waals surface area contributed by atoms with E-state index in [1.165, 1.54) is 17.8 Å². The molecule has 1 heterocycles. The minimum Gasteiger partial charge on any atom is -0.416 e. The largest absolute Gasteiger partial charge is 0.416 e. The third-order valence-corrected chi connectivity index (χ3v) is 2.82. The van der Waals surface area contributed by atoms with Gasteiger partial charge in [-0.3, -0.25) is 0 Å². The van der Waals surface area contributed by atoms with Crippen LogP contribution in [0.25, 0.3) is 0 Å². The van der Waals surface area contributed by atoms with Crippen LogP contribution in [0, 0.1) is 12.7 Å². The lowest BCUT2D eigenvalue weighted by atomic mass is 10.2. The van der Waals surface area contributed by atoms with Crippen LogP contribution in [0.4, 0.5) is 10.1 Å². The highest BCUT2D eigenvalue weighted by molar-refractivity contribution is 7.98. The van der Waals surface area contributed by atoms with Crippen molar-refractivity contribution in [1.29, 1.82) is 0 Å². The van der Waals surface area contributed by atoms with Crippen LogP contribution < -0.4 is 5.73 Å². The number of aromatic nitrogens is 2. The topological polar surface area (TPSA) is 64.9 Å². The van der Waals surface area contributed by atoms with Gasteiger partial charge in [-0.25, -0.2) is 4.39 Å². The molecular weight excluding hydrogens is 229 g/mol. The maximum atomic E-state index is 13.1. The number of rotatable bonds is 3. The van der Waals surface area contributed by atoms with E-state index in [0.29, 0.717) is 16.9 Å². The van der Waals surface area contributed by atoms with Gasteiger partial charge in [0.05, 0.1) is 5.69 Å². The zero-order valence-electron chi connectivity index (χ0n) is 8.61. The Kier molecular flexibility index (Phi) is 3.09. The van der Waals surface area contributed by atoms with E-state index in [4.69, 9.17) is 10.2 Å². The summed E-state index contributed by atoms with van der Waals surface area (Å²) in [6.07, 6.45) is 0. The second kappa shape index (κ2) is 4.52. The van der Waals surface area contributed by atoms with Crippen molar-refractivity contribution in [3.8, 4) is 0 Å². The second-order valence-electron chi connectivity index (χ2n) is 3.23. The molecule has 2 N–H and O–H groups in total. The summed E-state index contributed by atoms with van der Waals surface area (Å²) in [5, 5.41) is 8.01. The van der Waals surface area contributed by atoms with E-state index in [0.717, 1.165) is 5.56 Å². The van der Waals surface area contributed by atoms with E-state index in [1.807, 2.05) is 0 Å². The summed E-state index contributed by atoms with van der Waals surface area (Å²) in [5.41, 5.74) is 6.36. The first kappa shape index (κ1) is 10.9. The van der Waals surface area contributed by atoms with Crippen molar-refractivity contribution in [1.82, 2.24) is 10.2 Å². The van der Waals surface area contributed by atoms with Gasteiger partial charge in [-0.15, -0.1) is 10.2 Å². The second-order valence-corrected chi connectivity index (χ2v) is 4.16. The quantitative estimate of drug-likeness (QED) is 0.658. The van der Waals surface area contributed by atoms with Crippen LogP contribution in [-0.2, 0) is 5.75 Å². The van der Waals surface area contributed by atoms with Gasteiger partial charge in [0.25, 0.3) is 5.22 Å². The van der Waals surface area contributed by atoms with Crippen LogP contribution in [0.2, 0.25) is 0 Å². The van der Waals surface area contributed by atoms with E-state index < -0.39 is 5.82 Å². The molecule has 6 heteroatoms. The summed E-state index contributed by atoms with van der Waals surface area (Å²) in [5.74, 6) is 0.685. The fourth-order valence-electron chi connectivity index (χ4n) is 1.14. The number of hydrogen-bond donors (Lipinski definition) is 1. The van der Waals surface area contributed by atoms with Crippen LogP contribution in [0.5, 0.6) is 0 Å². The maximum Gasteiger partial charge on any atom is 0.276 e. The van der Waals surface area contributed by atoms with Crippen molar-refractivity contribution in [2.45, 2.75) is 17.9 Å². The molecule has 0 atom stereocenters. The normalized spacial score (nSPS) is 10.6. The summed E-state index contributed by atoms with van der Waals surface area (Å²) in [6.45, 7) is 1.72. The predicted octanol–water partition coefficient (Wildman–Crippen LogP) is 2.39. The van der Waals surface area contributed by atoms with Gasteiger partial charge in [0.2, 0.25) is 5.89 Å². The Bertz CT molecular complexity index is 501. The molecule has 1 aromatic carbocycles. The number of halogens is 1. The average Bonchev–Trinajstić information content (AvgIpc) is 2.66. The van der Waals surface area contributed by atoms with Crippen molar-refractivity contribution < 1.29 is 8.81 Å². The number of anilines is 1. The molecule has 0 aliphatic carbocycles. The Morgan fingerprint density at radius 2 is 2.25 bits per heavy atom. The SMILES string of the molecule is Cc1nnc(SCc2ccc(N)c(F)c2)o1. The van der Waals surface area contributed by atoms with Crippen LogP contribution in [0.1, 0.15) is 11.5 Å². The smallest absolute Gasteiger partial charge is 0.276 e. The summed E-state index contributed by atoms with van der Waals surface area (Å²) in [4.78, 5) is 0. The van der Waals surface area contributed by atoms with Gasteiger partial charge >= 0.3 is 0 Å². The highest BCUT2D eigenvalue weighted by Gasteiger charge is 2.05. The molecular formula is C10H10FN3OS. The first-order valence-corrected chi connectivity index (χ1v) is 5.60. The van der Waals surface area contributed by atoms with Gasteiger partial charge in [0, 0.05) is 12.7 Å². The van der Waals surface area contributed by atoms with Crippen molar-refractivity contribution in [2.24, 2.45) is 0 Å². The van der Waals surface area contributed by atoms with E-state index in [1.54, 1.807) is 19.1 Å². The molecule has 4 nitrogen and oxygen atoms in total. The van der Waals surface area contributed by atoms with Gasteiger partial charge in [0.15, 0.2) is 0 Å². The molecule has 0 aliphatic rings. The van der Waals surface area contributed by atoms with E-state index in [9.17, 15) is 4.39 Å². The average molecular weight is 239 g/mol. The first-order chi connectivity index (χ1) is 7.65. The maximum absolute atomic E-state index is 13.1. The fraction of sp³-hybridized carbons (Fsp3) is 0.200. The molecule has 0 spiro atoms. The number of hydrogen-bond acceptors (Lipinski definition) is 5. The van der Waals surface area contributed by atoms with Crippen molar-refractivity contribution in [3.63, 3.8) is 0 Å². The van der Waals surface area contributed by atoms with Crippen molar-refractivity contribution in [2.75, 3.05) is 5.73 Å². The molecule has 2 rings (SSSR count). The fourth-order valence-corrected chi connectivity index (χ4v) is 1.89. The van der Waals surface area contributed by atoms with Crippen molar-refractivity contribution in [3.05, 3.63) is 35.5 Å². The van der Waals surface area contributed by atoms with Gasteiger partial charge in [-0.05, 0) is 17.7 Å². The van der Waals surface area contributed by atoms with E-state index >= 15 is 0 Å². The molecule has 0 aliphatic heterocycles. The minimum absolute atomic E-state index is 0.155. The highest BCUT2D eigenvalue weighted by atomic mass is 32.2. The van der Waals surface area contributed by atoms with Crippen LogP contribution in [-0.4, -0.2) is 10.2 Å². The molecule has 0 saturated carbocycles. The molecule has 2 aromatic rings. The lowest BCUT2D eigenvalue weighted by molar-refractivity contribution is 0.429. The Balaban J connectivity index is 2.02. The zero-order valence-corrected chi connectivity index (χ0v) is 9.42. The molecule has 0 saturated heterocycles.